The molecule has 0 aliphatic carbocycles. The number of aliphatic hydroxyl groups is 1. The Morgan fingerprint density at radius 2 is 1.67 bits per heavy atom. The normalized spacial score (nSPS) is 17.3. The number of carbonyl (C=O) groups is 2. The SMILES string of the molecule is COc1ccc(C2/C(=C(/O)c3ccc(OC)cc3OC)C(=O)C(=O)N2Cc2cccs2)cc1. The maximum atomic E-state index is 13.2. The summed E-state index contributed by atoms with van der Waals surface area (Å²) >= 11 is 1.49. The summed E-state index contributed by atoms with van der Waals surface area (Å²) in [5, 5.41) is 13.2. The molecule has 1 aliphatic heterocycles. The molecule has 2 heterocycles. The van der Waals surface area contributed by atoms with Crippen LogP contribution in [0.1, 0.15) is 22.0 Å². The minimum Gasteiger partial charge on any atom is -0.507 e. The molecule has 1 fully saturated rings. The average Bonchev–Trinajstić information content (AvgIpc) is 3.45. The van der Waals surface area contributed by atoms with E-state index < -0.39 is 17.7 Å². The molecule has 0 spiro atoms. The zero-order valence-electron chi connectivity index (χ0n) is 18.4. The van der Waals surface area contributed by atoms with Crippen molar-refractivity contribution in [3.05, 3.63) is 81.6 Å². The maximum Gasteiger partial charge on any atom is 0.295 e. The van der Waals surface area contributed by atoms with E-state index in [1.54, 1.807) is 49.6 Å². The number of hydrogen-bond acceptors (Lipinski definition) is 7. The van der Waals surface area contributed by atoms with E-state index in [1.165, 1.54) is 30.5 Å². The molecule has 4 rings (SSSR count). The van der Waals surface area contributed by atoms with Crippen molar-refractivity contribution in [3.8, 4) is 17.2 Å². The predicted octanol–water partition coefficient (Wildman–Crippen LogP) is 4.40. The molecule has 8 heteroatoms. The first-order valence-electron chi connectivity index (χ1n) is 10.2. The number of aliphatic hydroxyl groups excluding tert-OH is 1. The summed E-state index contributed by atoms with van der Waals surface area (Å²) in [5.74, 6) is -0.216. The topological polar surface area (TPSA) is 85.3 Å². The lowest BCUT2D eigenvalue weighted by atomic mass is 9.95. The molecule has 1 aliphatic rings. The van der Waals surface area contributed by atoms with Gasteiger partial charge < -0.3 is 24.2 Å². The second kappa shape index (κ2) is 9.38. The number of benzene rings is 2. The van der Waals surface area contributed by atoms with E-state index in [9.17, 15) is 14.7 Å². The molecule has 1 N–H and O–H groups in total. The molecule has 33 heavy (non-hydrogen) atoms. The van der Waals surface area contributed by atoms with Gasteiger partial charge in [-0.15, -0.1) is 11.3 Å². The molecule has 1 amide bonds. The quantitative estimate of drug-likeness (QED) is 0.316. The van der Waals surface area contributed by atoms with Gasteiger partial charge in [-0.25, -0.2) is 0 Å². The van der Waals surface area contributed by atoms with Gasteiger partial charge in [0.05, 0.1) is 45.1 Å². The highest BCUT2D eigenvalue weighted by Crippen LogP contribution is 2.42. The van der Waals surface area contributed by atoms with Gasteiger partial charge in [-0.2, -0.15) is 0 Å². The van der Waals surface area contributed by atoms with Gasteiger partial charge in [-0.3, -0.25) is 9.59 Å². The van der Waals surface area contributed by atoms with Crippen LogP contribution in [0.15, 0.2) is 65.6 Å². The van der Waals surface area contributed by atoms with E-state index in [4.69, 9.17) is 14.2 Å². The number of thiophene rings is 1. The number of rotatable bonds is 7. The number of ketones is 1. The van der Waals surface area contributed by atoms with E-state index in [-0.39, 0.29) is 17.9 Å². The molecule has 1 saturated heterocycles. The molecular weight excluding hydrogens is 442 g/mol. The molecule has 0 bridgehead atoms. The van der Waals surface area contributed by atoms with Crippen molar-refractivity contribution in [3.63, 3.8) is 0 Å². The van der Waals surface area contributed by atoms with E-state index in [1.807, 2.05) is 17.5 Å². The Hall–Kier alpha value is -3.78. The van der Waals surface area contributed by atoms with Crippen LogP contribution >= 0.6 is 11.3 Å². The number of Topliss-reactive ketones (excluding diaryl/α,β-unsaturated/α-hetero) is 1. The van der Waals surface area contributed by atoms with E-state index in [0.29, 0.717) is 28.4 Å². The molecule has 3 aromatic rings. The molecular formula is C25H23NO6S. The van der Waals surface area contributed by atoms with Crippen molar-refractivity contribution >= 4 is 28.8 Å². The van der Waals surface area contributed by atoms with Gasteiger partial charge in [-0.05, 0) is 41.3 Å². The first-order valence-corrected chi connectivity index (χ1v) is 11.0. The number of methoxy groups -OCH3 is 3. The number of likely N-dealkylation sites (tertiary alicyclic amines) is 1. The number of amides is 1. The fourth-order valence-electron chi connectivity index (χ4n) is 3.89. The van der Waals surface area contributed by atoms with Crippen molar-refractivity contribution in [1.29, 1.82) is 0 Å². The van der Waals surface area contributed by atoms with Crippen LogP contribution in [0.2, 0.25) is 0 Å². The van der Waals surface area contributed by atoms with Gasteiger partial charge in [0.2, 0.25) is 0 Å². The zero-order chi connectivity index (χ0) is 23.5. The van der Waals surface area contributed by atoms with Crippen molar-refractivity contribution in [1.82, 2.24) is 4.90 Å². The van der Waals surface area contributed by atoms with Gasteiger partial charge >= 0.3 is 0 Å². The van der Waals surface area contributed by atoms with Gasteiger partial charge in [0.1, 0.15) is 23.0 Å². The molecule has 1 aromatic heterocycles. The van der Waals surface area contributed by atoms with Crippen LogP contribution in [0.3, 0.4) is 0 Å². The van der Waals surface area contributed by atoms with Gasteiger partial charge in [0, 0.05) is 10.9 Å². The smallest absolute Gasteiger partial charge is 0.295 e. The van der Waals surface area contributed by atoms with Crippen molar-refractivity contribution in [2.24, 2.45) is 0 Å². The van der Waals surface area contributed by atoms with Gasteiger partial charge in [0.25, 0.3) is 11.7 Å². The largest absolute Gasteiger partial charge is 0.507 e. The third kappa shape index (κ3) is 4.17. The van der Waals surface area contributed by atoms with Crippen LogP contribution in [0.4, 0.5) is 0 Å². The standard InChI is InChI=1S/C25H23NO6S/c1-30-16-8-6-15(7-9-16)22-21(23(27)19-11-10-17(31-2)13-20(19)32-3)24(28)25(29)26(22)14-18-5-4-12-33-18/h4-13,22,27H,14H2,1-3H3/b23-21-. The van der Waals surface area contributed by atoms with E-state index in [2.05, 4.69) is 0 Å². The third-order valence-electron chi connectivity index (χ3n) is 5.54. The summed E-state index contributed by atoms with van der Waals surface area (Å²) in [5.41, 5.74) is 0.983. The summed E-state index contributed by atoms with van der Waals surface area (Å²) in [6.07, 6.45) is 0. The second-order valence-electron chi connectivity index (χ2n) is 7.35. The fraction of sp³-hybridized carbons (Fsp3) is 0.200. The summed E-state index contributed by atoms with van der Waals surface area (Å²) in [4.78, 5) is 28.7. The Bertz CT molecular complexity index is 1200. The predicted molar refractivity (Wildman–Crippen MR) is 125 cm³/mol. The second-order valence-corrected chi connectivity index (χ2v) is 8.38. The van der Waals surface area contributed by atoms with Crippen LogP contribution in [0.25, 0.3) is 5.76 Å². The lowest BCUT2D eigenvalue weighted by Crippen LogP contribution is -2.28. The lowest BCUT2D eigenvalue weighted by Gasteiger charge is -2.25. The van der Waals surface area contributed by atoms with Gasteiger partial charge in [0.15, 0.2) is 0 Å². The van der Waals surface area contributed by atoms with Gasteiger partial charge in [-0.1, -0.05) is 18.2 Å². The zero-order valence-corrected chi connectivity index (χ0v) is 19.2. The van der Waals surface area contributed by atoms with Crippen LogP contribution < -0.4 is 14.2 Å². The molecule has 1 unspecified atom stereocenters. The number of nitrogens with zero attached hydrogens (tertiary/aromatic N) is 1. The van der Waals surface area contributed by atoms with Crippen LogP contribution in [-0.2, 0) is 16.1 Å². The molecule has 170 valence electrons. The summed E-state index contributed by atoms with van der Waals surface area (Å²) in [6.45, 7) is 0.245. The third-order valence-corrected chi connectivity index (χ3v) is 6.40. The highest BCUT2D eigenvalue weighted by molar-refractivity contribution is 7.09. The van der Waals surface area contributed by atoms with Crippen LogP contribution in [-0.4, -0.2) is 43.0 Å². The summed E-state index contributed by atoms with van der Waals surface area (Å²) < 4.78 is 15.9. The average molecular weight is 466 g/mol. The first-order chi connectivity index (χ1) is 16.0. The highest BCUT2D eigenvalue weighted by atomic mass is 32.1. The van der Waals surface area contributed by atoms with Crippen LogP contribution in [0, 0.1) is 0 Å². The van der Waals surface area contributed by atoms with Crippen molar-refractivity contribution in [2.75, 3.05) is 21.3 Å². The summed E-state index contributed by atoms with van der Waals surface area (Å²) in [6, 6.07) is 15.0. The number of ether oxygens (including phenoxy) is 3. The Labute approximate surface area is 195 Å². The molecule has 7 nitrogen and oxygen atoms in total. The lowest BCUT2D eigenvalue weighted by molar-refractivity contribution is -0.140. The minimum absolute atomic E-state index is 0.00481. The minimum atomic E-state index is -0.773. The number of hydrogen-bond donors (Lipinski definition) is 1. The Morgan fingerprint density at radius 3 is 2.27 bits per heavy atom. The maximum absolute atomic E-state index is 13.2. The molecule has 1 atom stereocenters. The Balaban J connectivity index is 1.88. The fourth-order valence-corrected chi connectivity index (χ4v) is 4.59. The van der Waals surface area contributed by atoms with Crippen molar-refractivity contribution in [2.45, 2.75) is 12.6 Å². The Kier molecular flexibility index (Phi) is 6.37. The molecule has 0 saturated carbocycles. The van der Waals surface area contributed by atoms with Crippen LogP contribution in [0.5, 0.6) is 17.2 Å². The molecule has 2 aromatic carbocycles. The highest BCUT2D eigenvalue weighted by Gasteiger charge is 2.46. The monoisotopic (exact) mass is 465 g/mol. The molecule has 0 radical (unpaired) electrons. The number of carbonyl (C=O) groups excluding carboxylic acids is 2. The van der Waals surface area contributed by atoms with Crippen molar-refractivity contribution < 1.29 is 28.9 Å². The van der Waals surface area contributed by atoms with E-state index in [0.717, 1.165) is 4.88 Å². The van der Waals surface area contributed by atoms with E-state index >= 15 is 0 Å². The summed E-state index contributed by atoms with van der Waals surface area (Å²) in [7, 11) is 4.55. The first kappa shape index (κ1) is 22.4. The Morgan fingerprint density at radius 1 is 0.970 bits per heavy atom.